The summed E-state index contributed by atoms with van der Waals surface area (Å²) in [5.41, 5.74) is 3.20. The fraction of sp³-hybridized carbons (Fsp3) is 0.409. The number of hydrogen-bond donors (Lipinski definition) is 1. The number of allylic oxidation sites excluding steroid dienone is 2. The third-order valence-corrected chi connectivity index (χ3v) is 5.11. The summed E-state index contributed by atoms with van der Waals surface area (Å²) in [7, 11) is 0. The van der Waals surface area contributed by atoms with Crippen molar-refractivity contribution in [3.63, 3.8) is 0 Å². The molecule has 27 heavy (non-hydrogen) atoms. The molecule has 0 saturated heterocycles. The predicted molar refractivity (Wildman–Crippen MR) is 107 cm³/mol. The van der Waals surface area contributed by atoms with E-state index in [4.69, 9.17) is 0 Å². The van der Waals surface area contributed by atoms with Crippen LogP contribution in [0.15, 0.2) is 39.9 Å². The van der Waals surface area contributed by atoms with E-state index in [1.165, 1.54) is 4.57 Å². The van der Waals surface area contributed by atoms with E-state index in [0.717, 1.165) is 36.0 Å². The van der Waals surface area contributed by atoms with Gasteiger partial charge >= 0.3 is 5.69 Å². The maximum Gasteiger partial charge on any atom is 0.335 e. The van der Waals surface area contributed by atoms with Crippen molar-refractivity contribution in [3.05, 3.63) is 79.1 Å². The highest BCUT2D eigenvalue weighted by Crippen LogP contribution is 2.21. The Hall–Kier alpha value is -2.69. The summed E-state index contributed by atoms with van der Waals surface area (Å²) in [6.07, 6.45) is 7.34. The molecule has 5 nitrogen and oxygen atoms in total. The van der Waals surface area contributed by atoms with Crippen LogP contribution >= 0.6 is 0 Å². The molecule has 0 saturated carbocycles. The highest BCUT2D eigenvalue weighted by Gasteiger charge is 2.25. The zero-order valence-electron chi connectivity index (χ0n) is 16.2. The molecule has 1 aromatic heterocycles. The smallest absolute Gasteiger partial charge is 0.273 e. The van der Waals surface area contributed by atoms with E-state index >= 15 is 0 Å². The number of nitrogens with zero attached hydrogens (tertiary/aromatic N) is 1. The highest BCUT2D eigenvalue weighted by atomic mass is 16.2. The van der Waals surface area contributed by atoms with Crippen molar-refractivity contribution in [1.82, 2.24) is 9.55 Å². The van der Waals surface area contributed by atoms with Crippen LogP contribution in [0.3, 0.4) is 0 Å². The van der Waals surface area contributed by atoms with E-state index in [1.807, 2.05) is 45.1 Å². The monoisotopic (exact) mass is 366 g/mol. The summed E-state index contributed by atoms with van der Waals surface area (Å²) in [6.45, 7) is 5.90. The summed E-state index contributed by atoms with van der Waals surface area (Å²) < 4.78 is 1.21. The molecule has 1 aromatic carbocycles. The van der Waals surface area contributed by atoms with E-state index in [-0.39, 0.29) is 11.8 Å². The topological polar surface area (TPSA) is 71.9 Å². The molecule has 1 aliphatic carbocycles. The Morgan fingerprint density at radius 1 is 1.19 bits per heavy atom. The first-order chi connectivity index (χ1) is 12.9. The van der Waals surface area contributed by atoms with Crippen LogP contribution in [0.2, 0.25) is 0 Å². The molecule has 1 unspecified atom stereocenters. The van der Waals surface area contributed by atoms with Gasteiger partial charge in [0.05, 0.1) is 5.92 Å². The minimum absolute atomic E-state index is 0.249. The Balaban J connectivity index is 2.16. The largest absolute Gasteiger partial charge is 0.335 e. The molecule has 0 fully saturated rings. The average molecular weight is 366 g/mol. The second-order valence-corrected chi connectivity index (χ2v) is 7.35. The molecule has 0 amide bonds. The van der Waals surface area contributed by atoms with Gasteiger partial charge < -0.3 is 0 Å². The molecule has 1 aliphatic rings. The van der Waals surface area contributed by atoms with E-state index in [9.17, 15) is 14.4 Å². The van der Waals surface area contributed by atoms with Gasteiger partial charge in [0.15, 0.2) is 0 Å². The number of hydrogen-bond acceptors (Lipinski definition) is 3. The Bertz CT molecular complexity index is 991. The molecule has 0 radical (unpaired) electrons. The lowest BCUT2D eigenvalue weighted by Gasteiger charge is -2.20. The van der Waals surface area contributed by atoms with Gasteiger partial charge in [0.1, 0.15) is 0 Å². The summed E-state index contributed by atoms with van der Waals surface area (Å²) >= 11 is 0. The standard InChI is InChI=1S/C22H26N2O3/c1-4-18-19(13-16-11-14(2)10-15(3)12-16)24(22(27)23-20(18)25)21(26)17-8-6-5-7-9-17/h6,8,10-12,17H,4-5,7,9,13H2,1-3H3,(H,23,25,27). The fourth-order valence-corrected chi connectivity index (χ4v) is 3.95. The van der Waals surface area contributed by atoms with Gasteiger partial charge in [-0.2, -0.15) is 0 Å². The van der Waals surface area contributed by atoms with Gasteiger partial charge in [0.2, 0.25) is 5.91 Å². The first-order valence-corrected chi connectivity index (χ1v) is 9.55. The lowest BCUT2D eigenvalue weighted by molar-refractivity contribution is 0.0842. The third-order valence-electron chi connectivity index (χ3n) is 5.11. The zero-order valence-corrected chi connectivity index (χ0v) is 16.2. The fourth-order valence-electron chi connectivity index (χ4n) is 3.95. The van der Waals surface area contributed by atoms with Crippen LogP contribution in [0.4, 0.5) is 0 Å². The van der Waals surface area contributed by atoms with Crippen molar-refractivity contribution in [2.45, 2.75) is 52.9 Å². The van der Waals surface area contributed by atoms with Crippen molar-refractivity contribution in [1.29, 1.82) is 0 Å². The minimum Gasteiger partial charge on any atom is -0.273 e. The second kappa shape index (κ2) is 7.91. The zero-order chi connectivity index (χ0) is 19.6. The van der Waals surface area contributed by atoms with Crippen LogP contribution in [-0.2, 0) is 12.8 Å². The molecule has 5 heteroatoms. The Labute approximate surface area is 158 Å². The lowest BCUT2D eigenvalue weighted by Crippen LogP contribution is -2.41. The Morgan fingerprint density at radius 3 is 2.48 bits per heavy atom. The summed E-state index contributed by atoms with van der Waals surface area (Å²) in [6, 6.07) is 6.15. The van der Waals surface area contributed by atoms with Gasteiger partial charge in [-0.25, -0.2) is 9.36 Å². The Morgan fingerprint density at radius 2 is 1.89 bits per heavy atom. The molecule has 1 atom stereocenters. The molecule has 0 bridgehead atoms. The van der Waals surface area contributed by atoms with Crippen LogP contribution in [0.5, 0.6) is 0 Å². The molecular weight excluding hydrogens is 340 g/mol. The van der Waals surface area contributed by atoms with E-state index in [2.05, 4.69) is 11.1 Å². The van der Waals surface area contributed by atoms with Crippen LogP contribution in [0.1, 0.15) is 58.9 Å². The van der Waals surface area contributed by atoms with Gasteiger partial charge in [0, 0.05) is 17.7 Å². The molecule has 0 aliphatic heterocycles. The molecule has 1 N–H and O–H groups in total. The first kappa shape index (κ1) is 19.1. The van der Waals surface area contributed by atoms with E-state index < -0.39 is 11.2 Å². The Kier molecular flexibility index (Phi) is 5.59. The van der Waals surface area contributed by atoms with Crippen molar-refractivity contribution in [2.24, 2.45) is 5.92 Å². The number of aromatic nitrogens is 2. The van der Waals surface area contributed by atoms with Crippen LogP contribution in [0.25, 0.3) is 0 Å². The lowest BCUT2D eigenvalue weighted by atomic mass is 9.94. The van der Waals surface area contributed by atoms with Crippen molar-refractivity contribution < 1.29 is 4.79 Å². The maximum absolute atomic E-state index is 13.1. The third kappa shape index (κ3) is 4.02. The number of benzene rings is 1. The van der Waals surface area contributed by atoms with Crippen molar-refractivity contribution in [2.75, 3.05) is 0 Å². The molecule has 2 aromatic rings. The quantitative estimate of drug-likeness (QED) is 0.844. The highest BCUT2D eigenvalue weighted by molar-refractivity contribution is 5.83. The number of rotatable bonds is 4. The van der Waals surface area contributed by atoms with Gasteiger partial charge in [-0.1, -0.05) is 48.4 Å². The maximum atomic E-state index is 13.1. The van der Waals surface area contributed by atoms with Crippen molar-refractivity contribution in [3.8, 4) is 0 Å². The first-order valence-electron chi connectivity index (χ1n) is 9.55. The number of aromatic amines is 1. The van der Waals surface area contributed by atoms with Gasteiger partial charge in [-0.05, 0) is 45.1 Å². The SMILES string of the molecule is CCc1c(Cc2cc(C)cc(C)c2)n(C(=O)C2C=CCCC2)c(=O)[nH]c1=O. The normalized spacial score (nSPS) is 16.5. The molecule has 142 valence electrons. The second-order valence-electron chi connectivity index (χ2n) is 7.35. The van der Waals surface area contributed by atoms with E-state index in [0.29, 0.717) is 24.1 Å². The van der Waals surface area contributed by atoms with Crippen LogP contribution in [-0.4, -0.2) is 15.5 Å². The number of carbonyl (C=O) groups is 1. The summed E-state index contributed by atoms with van der Waals surface area (Å²) in [5.74, 6) is -0.564. The molecule has 3 rings (SSSR count). The number of carbonyl (C=O) groups excluding carboxylic acids is 1. The number of aryl methyl sites for hydroxylation is 2. The van der Waals surface area contributed by atoms with Gasteiger partial charge in [0.25, 0.3) is 5.56 Å². The molecule has 0 spiro atoms. The number of nitrogens with one attached hydrogen (secondary N) is 1. The van der Waals surface area contributed by atoms with Gasteiger partial charge in [-0.3, -0.25) is 14.6 Å². The minimum atomic E-state index is -0.638. The molecule has 1 heterocycles. The average Bonchev–Trinajstić information content (AvgIpc) is 2.61. The molecular formula is C22H26N2O3. The van der Waals surface area contributed by atoms with E-state index in [1.54, 1.807) is 0 Å². The predicted octanol–water partition coefficient (Wildman–Crippen LogP) is 3.30. The van der Waals surface area contributed by atoms with Crippen LogP contribution < -0.4 is 11.2 Å². The van der Waals surface area contributed by atoms with Crippen molar-refractivity contribution >= 4 is 5.91 Å². The van der Waals surface area contributed by atoms with Gasteiger partial charge in [-0.15, -0.1) is 0 Å². The summed E-state index contributed by atoms with van der Waals surface area (Å²) in [5, 5.41) is 0. The summed E-state index contributed by atoms with van der Waals surface area (Å²) in [4.78, 5) is 40.4. The number of H-pyrrole nitrogens is 1. The van der Waals surface area contributed by atoms with Crippen LogP contribution in [0, 0.1) is 19.8 Å².